The van der Waals surface area contributed by atoms with Gasteiger partial charge in [-0.15, -0.1) is 0 Å². The Kier molecular flexibility index (Phi) is 5.55. The minimum absolute atomic E-state index is 0.0896. The van der Waals surface area contributed by atoms with Crippen LogP contribution >= 0.6 is 0 Å². The first-order valence-electron chi connectivity index (χ1n) is 9.44. The predicted octanol–water partition coefficient (Wildman–Crippen LogP) is 2.30. The molecule has 0 aliphatic carbocycles. The van der Waals surface area contributed by atoms with Crippen molar-refractivity contribution < 1.29 is 14.3 Å². The van der Waals surface area contributed by atoms with Gasteiger partial charge in [0.05, 0.1) is 25.9 Å². The fourth-order valence-electron chi connectivity index (χ4n) is 3.38. The molecule has 2 aromatic heterocycles. The number of carbonyl (C=O) groups is 1. The average Bonchev–Trinajstić information content (AvgIpc) is 3.18. The maximum atomic E-state index is 12.7. The van der Waals surface area contributed by atoms with E-state index in [1.807, 2.05) is 30.3 Å². The minimum atomic E-state index is -0.0896. The first-order chi connectivity index (χ1) is 13.7. The normalized spacial score (nSPS) is 14.9. The lowest BCUT2D eigenvalue weighted by atomic mass is 10.1. The number of pyridine rings is 1. The number of amides is 1. The zero-order valence-electron chi connectivity index (χ0n) is 15.9. The Balaban J connectivity index is 1.48. The zero-order chi connectivity index (χ0) is 19.3. The van der Waals surface area contributed by atoms with Crippen molar-refractivity contribution in [2.24, 2.45) is 0 Å². The molecule has 0 saturated carbocycles. The molecule has 3 aromatic rings. The molecule has 3 heterocycles. The molecule has 0 radical (unpaired) electrons. The van der Waals surface area contributed by atoms with Gasteiger partial charge in [0.2, 0.25) is 0 Å². The molecule has 1 aliphatic heterocycles. The van der Waals surface area contributed by atoms with Crippen molar-refractivity contribution >= 4 is 16.9 Å². The van der Waals surface area contributed by atoms with Crippen LogP contribution in [0, 0.1) is 0 Å². The number of nitrogens with one attached hydrogen (secondary N) is 2. The second-order valence-electron chi connectivity index (χ2n) is 6.76. The molecule has 1 aromatic carbocycles. The van der Waals surface area contributed by atoms with Crippen LogP contribution in [0.25, 0.3) is 22.2 Å². The van der Waals surface area contributed by atoms with E-state index in [0.29, 0.717) is 17.8 Å². The quantitative estimate of drug-likeness (QED) is 0.686. The van der Waals surface area contributed by atoms with Crippen LogP contribution < -0.4 is 10.1 Å². The number of aromatic amines is 1. The molecule has 7 nitrogen and oxygen atoms in total. The van der Waals surface area contributed by atoms with E-state index in [9.17, 15) is 4.79 Å². The molecular formula is C21H24N4O3. The third kappa shape index (κ3) is 4.00. The Morgan fingerprint density at radius 3 is 2.79 bits per heavy atom. The highest BCUT2D eigenvalue weighted by molar-refractivity contribution is 6.06. The Hall–Kier alpha value is -2.90. The van der Waals surface area contributed by atoms with Crippen LogP contribution in [0.2, 0.25) is 0 Å². The van der Waals surface area contributed by atoms with Gasteiger partial charge in [0, 0.05) is 49.5 Å². The molecule has 0 atom stereocenters. The molecule has 7 heteroatoms. The number of H-pyrrole nitrogens is 1. The molecular weight excluding hydrogens is 356 g/mol. The number of methoxy groups -OCH3 is 1. The highest BCUT2D eigenvalue weighted by Gasteiger charge is 2.15. The molecule has 28 heavy (non-hydrogen) atoms. The van der Waals surface area contributed by atoms with E-state index in [4.69, 9.17) is 9.47 Å². The van der Waals surface area contributed by atoms with Crippen LogP contribution in [0.1, 0.15) is 10.4 Å². The third-order valence-corrected chi connectivity index (χ3v) is 5.02. The lowest BCUT2D eigenvalue weighted by molar-refractivity contribution is 0.0383. The number of hydrogen-bond acceptors (Lipinski definition) is 5. The van der Waals surface area contributed by atoms with Crippen molar-refractivity contribution in [3.63, 3.8) is 0 Å². The Morgan fingerprint density at radius 2 is 2.04 bits per heavy atom. The fourth-order valence-corrected chi connectivity index (χ4v) is 3.38. The van der Waals surface area contributed by atoms with E-state index in [2.05, 4.69) is 20.2 Å². The molecule has 146 valence electrons. The van der Waals surface area contributed by atoms with Crippen LogP contribution in [0.4, 0.5) is 0 Å². The number of benzene rings is 1. The van der Waals surface area contributed by atoms with Gasteiger partial charge in [-0.05, 0) is 23.8 Å². The smallest absolute Gasteiger partial charge is 0.253 e. The minimum Gasteiger partial charge on any atom is -0.497 e. The summed E-state index contributed by atoms with van der Waals surface area (Å²) in [4.78, 5) is 22.5. The third-order valence-electron chi connectivity index (χ3n) is 5.02. The highest BCUT2D eigenvalue weighted by Crippen LogP contribution is 2.26. The number of fused-ring (bicyclic) bond motifs is 1. The highest BCUT2D eigenvalue weighted by atomic mass is 16.5. The van der Waals surface area contributed by atoms with Crippen LogP contribution in [-0.4, -0.2) is 67.3 Å². The Morgan fingerprint density at radius 1 is 1.25 bits per heavy atom. The van der Waals surface area contributed by atoms with Gasteiger partial charge in [-0.1, -0.05) is 12.1 Å². The summed E-state index contributed by atoms with van der Waals surface area (Å²) < 4.78 is 10.6. The van der Waals surface area contributed by atoms with E-state index in [-0.39, 0.29) is 5.91 Å². The lowest BCUT2D eigenvalue weighted by Gasteiger charge is -2.26. The summed E-state index contributed by atoms with van der Waals surface area (Å²) in [6, 6.07) is 9.79. The second kappa shape index (κ2) is 8.41. The number of rotatable bonds is 6. The largest absolute Gasteiger partial charge is 0.497 e. The van der Waals surface area contributed by atoms with Crippen molar-refractivity contribution in [2.45, 2.75) is 0 Å². The maximum Gasteiger partial charge on any atom is 0.253 e. The van der Waals surface area contributed by atoms with Crippen molar-refractivity contribution in [1.82, 2.24) is 20.2 Å². The average molecular weight is 380 g/mol. The molecule has 1 aliphatic rings. The summed E-state index contributed by atoms with van der Waals surface area (Å²) >= 11 is 0. The molecule has 0 bridgehead atoms. The number of nitrogens with zero attached hydrogens (tertiary/aromatic N) is 2. The summed E-state index contributed by atoms with van der Waals surface area (Å²) in [5.41, 5.74) is 3.29. The van der Waals surface area contributed by atoms with Gasteiger partial charge < -0.3 is 19.8 Å². The van der Waals surface area contributed by atoms with Crippen LogP contribution in [0.15, 0.2) is 42.7 Å². The molecule has 4 rings (SSSR count). The number of morpholine rings is 1. The van der Waals surface area contributed by atoms with Crippen molar-refractivity contribution in [3.8, 4) is 16.9 Å². The first-order valence-corrected chi connectivity index (χ1v) is 9.44. The number of aromatic nitrogens is 2. The van der Waals surface area contributed by atoms with Gasteiger partial charge in [-0.2, -0.15) is 0 Å². The number of ether oxygens (including phenoxy) is 2. The zero-order valence-corrected chi connectivity index (χ0v) is 15.9. The van der Waals surface area contributed by atoms with Crippen molar-refractivity contribution in [2.75, 3.05) is 46.5 Å². The van der Waals surface area contributed by atoms with Gasteiger partial charge in [0.1, 0.15) is 11.4 Å². The lowest BCUT2D eigenvalue weighted by Crippen LogP contribution is -2.41. The van der Waals surface area contributed by atoms with Crippen LogP contribution in [0.5, 0.6) is 5.75 Å². The fraction of sp³-hybridized carbons (Fsp3) is 0.333. The molecule has 1 saturated heterocycles. The number of hydrogen-bond donors (Lipinski definition) is 2. The molecule has 0 spiro atoms. The summed E-state index contributed by atoms with van der Waals surface area (Å²) in [5, 5.41) is 3.83. The molecule has 1 amide bonds. The topological polar surface area (TPSA) is 79.5 Å². The van der Waals surface area contributed by atoms with Crippen molar-refractivity contribution in [1.29, 1.82) is 0 Å². The molecule has 0 unspecified atom stereocenters. The van der Waals surface area contributed by atoms with Gasteiger partial charge >= 0.3 is 0 Å². The molecule has 1 fully saturated rings. The van der Waals surface area contributed by atoms with Crippen LogP contribution in [-0.2, 0) is 4.74 Å². The summed E-state index contributed by atoms with van der Waals surface area (Å²) in [6.45, 7) is 4.78. The Labute approximate surface area is 163 Å². The second-order valence-corrected chi connectivity index (χ2v) is 6.76. The van der Waals surface area contributed by atoms with Gasteiger partial charge in [0.15, 0.2) is 0 Å². The standard InChI is InChI=1S/C21H24N4O3/c1-27-17-4-2-15(3-5-17)16-12-18-19(14-24-20(18)23-13-16)21(26)22-6-7-25-8-10-28-11-9-25/h2-5,12-14H,6-11H2,1H3,(H,22,26)(H,23,24). The van der Waals surface area contributed by atoms with Gasteiger partial charge in [-0.3, -0.25) is 9.69 Å². The number of carbonyl (C=O) groups excluding carboxylic acids is 1. The molecule has 2 N–H and O–H groups in total. The van der Waals surface area contributed by atoms with Gasteiger partial charge in [-0.25, -0.2) is 4.98 Å². The monoisotopic (exact) mass is 380 g/mol. The van der Waals surface area contributed by atoms with E-state index >= 15 is 0 Å². The van der Waals surface area contributed by atoms with E-state index in [0.717, 1.165) is 55.1 Å². The Bertz CT molecular complexity index is 946. The SMILES string of the molecule is COc1ccc(-c2cnc3[nH]cc(C(=O)NCCN4CCOCC4)c3c2)cc1. The van der Waals surface area contributed by atoms with Crippen LogP contribution in [0.3, 0.4) is 0 Å². The summed E-state index contributed by atoms with van der Waals surface area (Å²) in [6.07, 6.45) is 3.53. The first kappa shape index (κ1) is 18.5. The summed E-state index contributed by atoms with van der Waals surface area (Å²) in [7, 11) is 1.65. The maximum absolute atomic E-state index is 12.7. The predicted molar refractivity (Wildman–Crippen MR) is 108 cm³/mol. The van der Waals surface area contributed by atoms with E-state index in [1.54, 1.807) is 19.5 Å². The van der Waals surface area contributed by atoms with E-state index < -0.39 is 0 Å². The summed E-state index contributed by atoms with van der Waals surface area (Å²) in [5.74, 6) is 0.716. The van der Waals surface area contributed by atoms with Gasteiger partial charge in [0.25, 0.3) is 5.91 Å². The van der Waals surface area contributed by atoms with E-state index in [1.165, 1.54) is 0 Å². The van der Waals surface area contributed by atoms with Crippen molar-refractivity contribution in [3.05, 3.63) is 48.3 Å².